The molecule has 4 rings (SSSR count). The highest BCUT2D eigenvalue weighted by Gasteiger charge is 2.25. The van der Waals surface area contributed by atoms with Gasteiger partial charge < -0.3 is 9.52 Å². The molecule has 1 aromatic carbocycles. The Balaban J connectivity index is 1.59. The molecule has 11 heteroatoms. The number of pyridine rings is 1. The van der Waals surface area contributed by atoms with Crippen LogP contribution in [0, 0.1) is 11.8 Å². The van der Waals surface area contributed by atoms with E-state index in [1.165, 1.54) is 24.4 Å². The Labute approximate surface area is 187 Å². The number of rotatable bonds is 5. The van der Waals surface area contributed by atoms with Gasteiger partial charge in [-0.2, -0.15) is 0 Å². The summed E-state index contributed by atoms with van der Waals surface area (Å²) < 4.78 is 32.2. The van der Waals surface area contributed by atoms with Crippen LogP contribution in [0.15, 0.2) is 56.9 Å². The van der Waals surface area contributed by atoms with Gasteiger partial charge in [0, 0.05) is 36.0 Å². The predicted octanol–water partition coefficient (Wildman–Crippen LogP) is 1.82. The number of nitrogens with one attached hydrogen (secondary N) is 2. The van der Waals surface area contributed by atoms with Gasteiger partial charge in [0.05, 0.1) is 22.0 Å². The number of hydrogen-bond donors (Lipinski definition) is 3. The smallest absolute Gasteiger partial charge is 0.290 e. The number of carbonyl (C=O) groups is 2. The second-order valence-corrected chi connectivity index (χ2v) is 9.28. The van der Waals surface area contributed by atoms with Gasteiger partial charge in [-0.25, -0.2) is 13.1 Å². The van der Waals surface area contributed by atoms with E-state index in [0.29, 0.717) is 27.9 Å². The van der Waals surface area contributed by atoms with Crippen molar-refractivity contribution in [3.63, 3.8) is 0 Å². The highest BCUT2D eigenvalue weighted by atomic mass is 32.2. The fourth-order valence-corrected chi connectivity index (χ4v) is 4.50. The first-order valence-electron chi connectivity index (χ1n) is 9.21. The fourth-order valence-electron chi connectivity index (χ4n) is 2.81. The second-order valence-electron chi connectivity index (χ2n) is 6.50. The first-order valence-corrected chi connectivity index (χ1v) is 11.5. The highest BCUT2D eigenvalue weighted by molar-refractivity contribution is 8.18. The average molecular weight is 470 g/mol. The molecule has 162 valence electrons. The third kappa shape index (κ3) is 4.74. The van der Waals surface area contributed by atoms with Gasteiger partial charge >= 0.3 is 0 Å². The van der Waals surface area contributed by atoms with Crippen molar-refractivity contribution < 1.29 is 27.5 Å². The fraction of sp³-hybridized carbons (Fsp3) is 0.0952. The largest absolute Gasteiger partial charge is 0.455 e. The minimum Gasteiger partial charge on any atom is -0.455 e. The summed E-state index contributed by atoms with van der Waals surface area (Å²) in [6, 6.07) is 7.67. The van der Waals surface area contributed by atoms with Gasteiger partial charge in [0.1, 0.15) is 5.76 Å². The summed E-state index contributed by atoms with van der Waals surface area (Å²) in [4.78, 5) is 27.5. The van der Waals surface area contributed by atoms with Gasteiger partial charge in [-0.3, -0.25) is 19.9 Å². The first-order chi connectivity index (χ1) is 15.4. The molecule has 0 saturated carbocycles. The van der Waals surface area contributed by atoms with E-state index in [1.807, 2.05) is 0 Å². The lowest BCUT2D eigenvalue weighted by molar-refractivity contribution is -0.115. The summed E-state index contributed by atoms with van der Waals surface area (Å²) in [5.74, 6) is 5.80. The number of nitrogens with zero attached hydrogens (tertiary/aromatic N) is 1. The first kappa shape index (κ1) is 21.8. The standard InChI is InChI=1S/C21H15N3O6S2/c25-8-7-23-32(28,29)17-5-2-13(3-6-17)1-4-14-11-22-12-15-9-16(30-19(14)15)10-18-20(26)24-21(27)31-18/h2-3,5-6,9-12,23,25H,7-8H2,(H,24,26,27)/b18-10+. The normalized spacial score (nSPS) is 15.1. The Morgan fingerprint density at radius 2 is 1.97 bits per heavy atom. The number of amides is 2. The number of fused-ring (bicyclic) bond motifs is 1. The Bertz CT molecular complexity index is 1410. The lowest BCUT2D eigenvalue weighted by atomic mass is 10.2. The van der Waals surface area contributed by atoms with E-state index in [-0.39, 0.29) is 23.0 Å². The number of hydrogen-bond acceptors (Lipinski definition) is 8. The van der Waals surface area contributed by atoms with Crippen LogP contribution in [0.3, 0.4) is 0 Å². The molecule has 1 aliphatic heterocycles. The molecule has 2 amide bonds. The van der Waals surface area contributed by atoms with Gasteiger partial charge in [-0.05, 0) is 42.1 Å². The summed E-state index contributed by atoms with van der Waals surface area (Å²) in [6.07, 6.45) is 4.61. The molecule has 0 unspecified atom stereocenters. The molecule has 3 aromatic rings. The van der Waals surface area contributed by atoms with E-state index in [4.69, 9.17) is 9.52 Å². The average Bonchev–Trinajstić information content (AvgIpc) is 3.33. The number of carbonyl (C=O) groups excluding carboxylic acids is 2. The summed E-state index contributed by atoms with van der Waals surface area (Å²) >= 11 is 0.795. The highest BCUT2D eigenvalue weighted by Crippen LogP contribution is 2.28. The molecule has 0 radical (unpaired) electrons. The minimum absolute atomic E-state index is 0.0660. The van der Waals surface area contributed by atoms with Gasteiger partial charge in [0.15, 0.2) is 5.58 Å². The van der Waals surface area contributed by atoms with Crippen LogP contribution < -0.4 is 10.0 Å². The molecule has 3 N–H and O–H groups in total. The molecule has 0 bridgehead atoms. The quantitative estimate of drug-likeness (QED) is 0.380. The Kier molecular flexibility index (Phi) is 6.11. The van der Waals surface area contributed by atoms with E-state index < -0.39 is 21.2 Å². The van der Waals surface area contributed by atoms with Crippen LogP contribution in [-0.4, -0.2) is 42.8 Å². The van der Waals surface area contributed by atoms with Crippen LogP contribution in [0.4, 0.5) is 4.79 Å². The molecular formula is C21H15N3O6S2. The summed E-state index contributed by atoms with van der Waals surface area (Å²) in [6.45, 7) is -0.361. The maximum atomic E-state index is 12.1. The van der Waals surface area contributed by atoms with Crippen molar-refractivity contribution in [2.45, 2.75) is 4.90 Å². The minimum atomic E-state index is -3.69. The monoisotopic (exact) mass is 469 g/mol. The number of thioether (sulfide) groups is 1. The molecular weight excluding hydrogens is 454 g/mol. The molecule has 32 heavy (non-hydrogen) atoms. The van der Waals surface area contributed by atoms with Crippen LogP contribution in [-0.2, 0) is 14.8 Å². The van der Waals surface area contributed by atoms with Gasteiger partial charge in [-0.1, -0.05) is 11.8 Å². The van der Waals surface area contributed by atoms with E-state index in [1.54, 1.807) is 24.4 Å². The number of aliphatic hydroxyl groups excluding tert-OH is 1. The Morgan fingerprint density at radius 3 is 2.66 bits per heavy atom. The summed E-state index contributed by atoms with van der Waals surface area (Å²) in [5, 5.41) is 11.2. The van der Waals surface area contributed by atoms with Crippen molar-refractivity contribution in [3.8, 4) is 11.8 Å². The second kappa shape index (κ2) is 8.97. The summed E-state index contributed by atoms with van der Waals surface area (Å²) in [5.41, 5.74) is 1.56. The third-order valence-electron chi connectivity index (χ3n) is 4.27. The van der Waals surface area contributed by atoms with Crippen LogP contribution in [0.25, 0.3) is 17.0 Å². The maximum Gasteiger partial charge on any atom is 0.290 e. The zero-order valence-corrected chi connectivity index (χ0v) is 17.9. The van der Waals surface area contributed by atoms with E-state index in [9.17, 15) is 18.0 Å². The predicted molar refractivity (Wildman–Crippen MR) is 118 cm³/mol. The van der Waals surface area contributed by atoms with Crippen molar-refractivity contribution in [1.29, 1.82) is 0 Å². The molecule has 0 atom stereocenters. The van der Waals surface area contributed by atoms with Crippen LogP contribution >= 0.6 is 11.8 Å². The molecule has 1 fully saturated rings. The molecule has 3 heterocycles. The zero-order chi connectivity index (χ0) is 22.7. The molecule has 1 saturated heterocycles. The lowest BCUT2D eigenvalue weighted by Gasteiger charge is -2.04. The molecule has 0 aliphatic carbocycles. The molecule has 9 nitrogen and oxygen atoms in total. The van der Waals surface area contributed by atoms with Crippen LogP contribution in [0.2, 0.25) is 0 Å². The lowest BCUT2D eigenvalue weighted by Crippen LogP contribution is -2.26. The Hall–Kier alpha value is -3.43. The number of aliphatic hydroxyl groups is 1. The van der Waals surface area contributed by atoms with Gasteiger partial charge in [-0.15, -0.1) is 0 Å². The zero-order valence-electron chi connectivity index (χ0n) is 16.3. The number of benzene rings is 1. The van der Waals surface area contributed by atoms with Crippen molar-refractivity contribution in [3.05, 3.63) is 64.5 Å². The maximum absolute atomic E-state index is 12.1. The van der Waals surface area contributed by atoms with Gasteiger partial charge in [0.2, 0.25) is 10.0 Å². The van der Waals surface area contributed by atoms with E-state index in [0.717, 1.165) is 11.8 Å². The topological polar surface area (TPSA) is 139 Å². The van der Waals surface area contributed by atoms with Crippen molar-refractivity contribution >= 4 is 50.0 Å². The number of imide groups is 1. The van der Waals surface area contributed by atoms with Crippen LogP contribution in [0.1, 0.15) is 16.9 Å². The van der Waals surface area contributed by atoms with E-state index in [2.05, 4.69) is 26.9 Å². The Morgan fingerprint density at radius 1 is 1.19 bits per heavy atom. The SMILES string of the molecule is O=C1NC(=O)/C(=C\c2cc3cncc(C#Cc4ccc(S(=O)(=O)NCCO)cc4)c3o2)S1. The van der Waals surface area contributed by atoms with E-state index >= 15 is 0 Å². The molecule has 2 aromatic heterocycles. The third-order valence-corrected chi connectivity index (χ3v) is 6.55. The number of furan rings is 1. The van der Waals surface area contributed by atoms with Crippen molar-refractivity contribution in [2.75, 3.05) is 13.2 Å². The van der Waals surface area contributed by atoms with Crippen LogP contribution in [0.5, 0.6) is 0 Å². The molecule has 1 aliphatic rings. The number of aromatic nitrogens is 1. The number of sulfonamides is 1. The summed E-state index contributed by atoms with van der Waals surface area (Å²) in [7, 11) is -3.69. The molecule has 0 spiro atoms. The van der Waals surface area contributed by atoms with Crippen molar-refractivity contribution in [2.24, 2.45) is 0 Å². The van der Waals surface area contributed by atoms with Crippen molar-refractivity contribution in [1.82, 2.24) is 15.0 Å². The van der Waals surface area contributed by atoms with Gasteiger partial charge in [0.25, 0.3) is 11.1 Å².